The number of nitrogens with zero attached hydrogens (tertiary/aromatic N) is 1. The molecule has 1 rings (SSSR count). The summed E-state index contributed by atoms with van der Waals surface area (Å²) in [6.07, 6.45) is 0. The summed E-state index contributed by atoms with van der Waals surface area (Å²) in [6.45, 7) is 10.7. The van der Waals surface area contributed by atoms with Crippen LogP contribution >= 0.6 is 11.8 Å². The molecule has 0 bridgehead atoms. The van der Waals surface area contributed by atoms with Crippen molar-refractivity contribution in [3.63, 3.8) is 0 Å². The molecule has 1 unspecified atom stereocenters. The molecule has 1 N–H and O–H groups in total. The van der Waals surface area contributed by atoms with Gasteiger partial charge in [0, 0.05) is 24.3 Å². The summed E-state index contributed by atoms with van der Waals surface area (Å²) in [4.78, 5) is 2.09. The summed E-state index contributed by atoms with van der Waals surface area (Å²) < 4.78 is 5.77. The standard InChI is InChI=1S/C11H22N2OS/c1-8(2)13-9(12)15-7-11(13,14-6)10(3,4)5/h8,12H,7H2,1-6H3. The van der Waals surface area contributed by atoms with Crippen molar-refractivity contribution >= 4 is 16.9 Å². The van der Waals surface area contributed by atoms with E-state index in [0.717, 1.165) is 5.75 Å². The maximum atomic E-state index is 7.98. The number of nitrogens with one attached hydrogen (secondary N) is 1. The van der Waals surface area contributed by atoms with Crippen LogP contribution in [0.4, 0.5) is 0 Å². The van der Waals surface area contributed by atoms with E-state index in [1.165, 1.54) is 0 Å². The van der Waals surface area contributed by atoms with Crippen LogP contribution in [-0.2, 0) is 4.74 Å². The lowest BCUT2D eigenvalue weighted by molar-refractivity contribution is -0.159. The molecule has 0 aromatic carbocycles. The number of hydrogen-bond donors (Lipinski definition) is 1. The summed E-state index contributed by atoms with van der Waals surface area (Å²) in [7, 11) is 1.75. The molecule has 0 aromatic heterocycles. The fraction of sp³-hybridized carbons (Fsp3) is 0.909. The lowest BCUT2D eigenvalue weighted by atomic mass is 9.82. The van der Waals surface area contributed by atoms with Crippen LogP contribution < -0.4 is 0 Å². The Hall–Kier alpha value is -0.220. The number of hydrogen-bond acceptors (Lipinski definition) is 3. The van der Waals surface area contributed by atoms with Crippen molar-refractivity contribution in [1.82, 2.24) is 4.90 Å². The number of thioether (sulfide) groups is 1. The number of methoxy groups -OCH3 is 1. The summed E-state index contributed by atoms with van der Waals surface area (Å²) in [5, 5.41) is 8.61. The Bertz CT molecular complexity index is 260. The van der Waals surface area contributed by atoms with Gasteiger partial charge in [-0.05, 0) is 13.8 Å². The van der Waals surface area contributed by atoms with Crippen LogP contribution in [-0.4, -0.2) is 34.7 Å². The van der Waals surface area contributed by atoms with E-state index in [9.17, 15) is 0 Å². The molecule has 1 heterocycles. The van der Waals surface area contributed by atoms with Crippen molar-refractivity contribution in [3.05, 3.63) is 0 Å². The van der Waals surface area contributed by atoms with Gasteiger partial charge in [-0.1, -0.05) is 32.5 Å². The topological polar surface area (TPSA) is 36.3 Å². The number of amidine groups is 1. The Labute approximate surface area is 97.1 Å². The van der Waals surface area contributed by atoms with Crippen LogP contribution in [0.1, 0.15) is 34.6 Å². The third-order valence-corrected chi connectivity index (χ3v) is 4.04. The molecule has 1 aliphatic rings. The molecule has 0 spiro atoms. The van der Waals surface area contributed by atoms with Crippen LogP contribution in [0, 0.1) is 10.8 Å². The minimum absolute atomic E-state index is 0.00181. The predicted octanol–water partition coefficient (Wildman–Crippen LogP) is 2.77. The van der Waals surface area contributed by atoms with E-state index >= 15 is 0 Å². The Kier molecular flexibility index (Phi) is 3.41. The second kappa shape index (κ2) is 3.98. The second-order valence-electron chi connectivity index (χ2n) is 5.30. The Morgan fingerprint density at radius 2 is 2.00 bits per heavy atom. The maximum Gasteiger partial charge on any atom is 0.159 e. The molecule has 1 aliphatic heterocycles. The SMILES string of the molecule is COC1(C(C)(C)C)CSC(=N)N1C(C)C. The highest BCUT2D eigenvalue weighted by Gasteiger charge is 2.53. The van der Waals surface area contributed by atoms with Gasteiger partial charge in [0.25, 0.3) is 0 Å². The molecule has 88 valence electrons. The Morgan fingerprint density at radius 1 is 1.47 bits per heavy atom. The minimum atomic E-state index is -0.344. The van der Waals surface area contributed by atoms with E-state index in [1.807, 2.05) is 0 Å². The zero-order chi connectivity index (χ0) is 11.9. The zero-order valence-corrected chi connectivity index (χ0v) is 11.4. The van der Waals surface area contributed by atoms with Crippen LogP contribution in [0.25, 0.3) is 0 Å². The molecule has 0 radical (unpaired) electrons. The van der Waals surface area contributed by atoms with Crippen LogP contribution in [0.3, 0.4) is 0 Å². The highest BCUT2D eigenvalue weighted by Crippen LogP contribution is 2.46. The van der Waals surface area contributed by atoms with Gasteiger partial charge in [0.1, 0.15) is 0 Å². The average molecular weight is 230 g/mol. The first-order valence-corrected chi connectivity index (χ1v) is 6.30. The third-order valence-electron chi connectivity index (χ3n) is 3.04. The average Bonchev–Trinajstić information content (AvgIpc) is 2.42. The molecule has 0 aliphatic carbocycles. The largest absolute Gasteiger partial charge is 0.357 e. The van der Waals surface area contributed by atoms with Crippen molar-refractivity contribution in [1.29, 1.82) is 5.41 Å². The van der Waals surface area contributed by atoms with Crippen LogP contribution in [0.15, 0.2) is 0 Å². The minimum Gasteiger partial charge on any atom is -0.357 e. The smallest absolute Gasteiger partial charge is 0.159 e. The third kappa shape index (κ3) is 1.89. The summed E-state index contributed by atoms with van der Waals surface area (Å²) in [5.74, 6) is 0.837. The molecular formula is C11H22N2OS. The fourth-order valence-corrected chi connectivity index (χ4v) is 3.68. The normalized spacial score (nSPS) is 27.9. The van der Waals surface area contributed by atoms with Crippen molar-refractivity contribution in [2.24, 2.45) is 5.41 Å². The monoisotopic (exact) mass is 230 g/mol. The van der Waals surface area contributed by atoms with Gasteiger partial charge in [0.15, 0.2) is 10.9 Å². The van der Waals surface area contributed by atoms with Gasteiger partial charge in [-0.2, -0.15) is 0 Å². The first-order chi connectivity index (χ1) is 6.76. The van der Waals surface area contributed by atoms with Gasteiger partial charge in [0.2, 0.25) is 0 Å². The van der Waals surface area contributed by atoms with E-state index in [0.29, 0.717) is 11.2 Å². The van der Waals surface area contributed by atoms with Gasteiger partial charge in [-0.3, -0.25) is 5.41 Å². The Balaban J connectivity index is 3.14. The van der Waals surface area contributed by atoms with Gasteiger partial charge in [-0.15, -0.1) is 0 Å². The molecule has 1 saturated heterocycles. The highest BCUT2D eigenvalue weighted by atomic mass is 32.2. The molecule has 1 atom stereocenters. The van der Waals surface area contributed by atoms with E-state index in [-0.39, 0.29) is 11.1 Å². The first-order valence-electron chi connectivity index (χ1n) is 5.32. The number of rotatable bonds is 2. The summed E-state index contributed by atoms with van der Waals surface area (Å²) >= 11 is 1.58. The molecular weight excluding hydrogens is 208 g/mol. The predicted molar refractivity (Wildman–Crippen MR) is 66.4 cm³/mol. The van der Waals surface area contributed by atoms with E-state index < -0.39 is 0 Å². The quantitative estimate of drug-likeness (QED) is 0.792. The van der Waals surface area contributed by atoms with E-state index in [2.05, 4.69) is 39.5 Å². The van der Waals surface area contributed by atoms with Crippen LogP contribution in [0.5, 0.6) is 0 Å². The molecule has 3 nitrogen and oxygen atoms in total. The van der Waals surface area contributed by atoms with Crippen molar-refractivity contribution in [2.75, 3.05) is 12.9 Å². The van der Waals surface area contributed by atoms with Gasteiger partial charge in [-0.25, -0.2) is 0 Å². The van der Waals surface area contributed by atoms with Crippen molar-refractivity contribution in [2.45, 2.75) is 46.4 Å². The first kappa shape index (κ1) is 12.8. The van der Waals surface area contributed by atoms with Crippen LogP contribution in [0.2, 0.25) is 0 Å². The van der Waals surface area contributed by atoms with Gasteiger partial charge in [0.05, 0.1) is 0 Å². The lowest BCUT2D eigenvalue weighted by Gasteiger charge is -2.48. The van der Waals surface area contributed by atoms with Crippen molar-refractivity contribution in [3.8, 4) is 0 Å². The highest BCUT2D eigenvalue weighted by molar-refractivity contribution is 8.14. The lowest BCUT2D eigenvalue weighted by Crippen LogP contribution is -2.59. The zero-order valence-electron chi connectivity index (χ0n) is 10.5. The van der Waals surface area contributed by atoms with Gasteiger partial charge < -0.3 is 9.64 Å². The summed E-state index contributed by atoms with van der Waals surface area (Å²) in [5.41, 5.74) is -0.343. The fourth-order valence-electron chi connectivity index (χ4n) is 2.16. The molecule has 0 aromatic rings. The van der Waals surface area contributed by atoms with E-state index in [4.69, 9.17) is 10.1 Å². The molecule has 0 saturated carbocycles. The van der Waals surface area contributed by atoms with Gasteiger partial charge >= 0.3 is 0 Å². The molecule has 0 amide bonds. The second-order valence-corrected chi connectivity index (χ2v) is 6.26. The maximum absolute atomic E-state index is 7.98. The van der Waals surface area contributed by atoms with E-state index in [1.54, 1.807) is 18.9 Å². The van der Waals surface area contributed by atoms with Crippen molar-refractivity contribution < 1.29 is 4.74 Å². The molecule has 15 heavy (non-hydrogen) atoms. The molecule has 1 fully saturated rings. The Morgan fingerprint density at radius 3 is 2.27 bits per heavy atom. The number of ether oxygens (including phenoxy) is 1. The summed E-state index contributed by atoms with van der Waals surface area (Å²) in [6, 6.07) is 0.298. The molecule has 4 heteroatoms.